The van der Waals surface area contributed by atoms with Crippen molar-refractivity contribution in [3.8, 4) is 0 Å². The summed E-state index contributed by atoms with van der Waals surface area (Å²) in [6, 6.07) is 0. The topological polar surface area (TPSA) is 71.0 Å². The third-order valence-electron chi connectivity index (χ3n) is 10.4. The third-order valence-corrected chi connectivity index (χ3v) is 10.4. The molecule has 0 saturated heterocycles. The molecule has 1 N–H and O–H groups in total. The summed E-state index contributed by atoms with van der Waals surface area (Å²) in [6.45, 7) is 12.7. The van der Waals surface area contributed by atoms with Gasteiger partial charge in [-0.2, -0.15) is 0 Å². The van der Waals surface area contributed by atoms with E-state index in [1.165, 1.54) is 31.3 Å². The zero-order chi connectivity index (χ0) is 25.6. The maximum Gasteiger partial charge on any atom is 0.435 e. The number of carbonyl (C=O) groups is 2. The summed E-state index contributed by atoms with van der Waals surface area (Å²) in [5.41, 5.74) is 2.78. The molecule has 0 radical (unpaired) electrons. The Hall–Kier alpha value is -1.40. The van der Waals surface area contributed by atoms with Crippen LogP contribution in [0.25, 0.3) is 0 Å². The number of ketones is 1. The van der Waals surface area contributed by atoms with Crippen molar-refractivity contribution in [2.45, 2.75) is 86.0 Å². The molecule has 6 atom stereocenters. The van der Waals surface area contributed by atoms with E-state index in [1.54, 1.807) is 11.9 Å². The van der Waals surface area contributed by atoms with E-state index in [-0.39, 0.29) is 34.7 Å². The lowest BCUT2D eigenvalue weighted by Gasteiger charge is -2.58. The Morgan fingerprint density at radius 3 is 2.58 bits per heavy atom. The van der Waals surface area contributed by atoms with Gasteiger partial charge in [0.2, 0.25) is 0 Å². The summed E-state index contributed by atoms with van der Waals surface area (Å²) in [6.07, 6.45) is 10.4. The maximum absolute atomic E-state index is 12.6. The van der Waals surface area contributed by atoms with Crippen molar-refractivity contribution in [3.05, 3.63) is 11.6 Å². The molecule has 7 heteroatoms. The summed E-state index contributed by atoms with van der Waals surface area (Å²) >= 11 is 0. The van der Waals surface area contributed by atoms with Crippen molar-refractivity contribution in [3.63, 3.8) is 0 Å². The van der Waals surface area contributed by atoms with E-state index < -0.39 is 0 Å². The van der Waals surface area contributed by atoms with Gasteiger partial charge in [0.25, 0.3) is 0 Å². The van der Waals surface area contributed by atoms with E-state index in [0.29, 0.717) is 36.5 Å². The van der Waals surface area contributed by atoms with Crippen molar-refractivity contribution in [2.24, 2.45) is 45.1 Å². The second-order valence-corrected chi connectivity index (χ2v) is 13.3. The molecule has 4 rings (SSSR count). The molecular weight excluding hydrogens is 474 g/mol. The number of carbonyl (C=O) groups excluding carboxylic acids is 2. The number of hydrogen-bond acceptors (Lipinski definition) is 5. The lowest BCUT2D eigenvalue weighted by molar-refractivity contribution is -0.117. The fourth-order valence-electron chi connectivity index (χ4n) is 8.73. The quantitative estimate of drug-likeness (QED) is 0.255. The van der Waals surface area contributed by atoms with Gasteiger partial charge in [-0.15, -0.1) is 12.4 Å². The molecule has 0 aromatic heterocycles. The highest BCUT2D eigenvalue weighted by Gasteiger charge is 2.59. The molecule has 0 heterocycles. The third kappa shape index (κ3) is 5.27. The monoisotopic (exact) mass is 521 g/mol. The molecule has 1 amide bonds. The smallest absolute Gasteiger partial charge is 0.319 e. The number of nitrogens with one attached hydrogen (secondary N) is 1. The zero-order valence-corrected chi connectivity index (χ0v) is 24.3. The summed E-state index contributed by atoms with van der Waals surface area (Å²) < 4.78 is 0. The van der Waals surface area contributed by atoms with E-state index >= 15 is 0 Å². The van der Waals surface area contributed by atoms with Crippen LogP contribution in [-0.4, -0.2) is 49.7 Å². The minimum Gasteiger partial charge on any atom is -0.319 e. The van der Waals surface area contributed by atoms with Crippen molar-refractivity contribution in [1.29, 1.82) is 0 Å². The molecule has 36 heavy (non-hydrogen) atoms. The number of rotatable bonds is 6. The van der Waals surface area contributed by atoms with E-state index in [0.717, 1.165) is 37.4 Å². The van der Waals surface area contributed by atoms with Crippen molar-refractivity contribution < 1.29 is 14.4 Å². The Morgan fingerprint density at radius 1 is 1.17 bits per heavy atom. The average molecular weight is 522 g/mol. The highest BCUT2D eigenvalue weighted by atomic mass is 35.5. The van der Waals surface area contributed by atoms with Gasteiger partial charge in [-0.05, 0) is 99.0 Å². The van der Waals surface area contributed by atoms with Crippen molar-refractivity contribution in [1.82, 2.24) is 10.2 Å². The number of hydrogen-bond donors (Lipinski definition) is 1. The molecule has 204 valence electrons. The fourth-order valence-corrected chi connectivity index (χ4v) is 8.73. The molecule has 0 aliphatic heterocycles. The zero-order valence-electron chi connectivity index (χ0n) is 23.5. The van der Waals surface area contributed by atoms with Crippen LogP contribution < -0.4 is 5.32 Å². The second-order valence-electron chi connectivity index (χ2n) is 13.3. The van der Waals surface area contributed by atoms with Gasteiger partial charge in [-0.1, -0.05) is 38.4 Å². The van der Waals surface area contributed by atoms with Gasteiger partial charge < -0.3 is 10.2 Å². The van der Waals surface area contributed by atoms with Crippen LogP contribution in [0.15, 0.2) is 16.8 Å². The van der Waals surface area contributed by atoms with Gasteiger partial charge in [0.05, 0.1) is 5.71 Å². The van der Waals surface area contributed by atoms with Crippen LogP contribution in [0.3, 0.4) is 0 Å². The summed E-state index contributed by atoms with van der Waals surface area (Å²) in [4.78, 5) is 31.8. The number of allylic oxidation sites excluding steroid dienone is 1. The van der Waals surface area contributed by atoms with Gasteiger partial charge >= 0.3 is 6.09 Å². The van der Waals surface area contributed by atoms with E-state index in [9.17, 15) is 9.59 Å². The summed E-state index contributed by atoms with van der Waals surface area (Å²) in [5, 5.41) is 7.58. The Morgan fingerprint density at radius 2 is 1.89 bits per heavy atom. The number of halogens is 1. The maximum atomic E-state index is 12.6. The minimum absolute atomic E-state index is 0. The molecule has 6 nitrogen and oxygen atoms in total. The molecule has 3 saturated carbocycles. The Labute approximate surface area is 224 Å². The molecule has 0 aromatic rings. The largest absolute Gasteiger partial charge is 0.435 e. The first kappa shape index (κ1) is 29.2. The first-order valence-electron chi connectivity index (χ1n) is 13.8. The normalized spacial score (nSPS) is 36.1. The van der Waals surface area contributed by atoms with Gasteiger partial charge in [0, 0.05) is 32.5 Å². The molecule has 0 spiro atoms. The number of fused-ring (bicyclic) bond motifs is 5. The van der Waals surface area contributed by atoms with E-state index in [2.05, 4.69) is 45.1 Å². The standard InChI is InChI=1S/C29H47N3O3.ClH/c1-19(31-35-26(34)32(7)18-27(2,3)17-30-6)23-10-11-24-22-9-8-20-16-21(33)12-14-28(20,4)25(22)13-15-29(23,24)5;/h16,22-25,30H,8-15,17-18H2,1-7H3;1H/b31-19+;/t22-,23+,24-,25-,28-,29+;/m0./s1. The van der Waals surface area contributed by atoms with Crippen LogP contribution in [-0.2, 0) is 9.63 Å². The first-order chi connectivity index (χ1) is 16.4. The molecular formula is C29H48ClN3O3. The predicted octanol–water partition coefficient (Wildman–Crippen LogP) is 6.25. The number of amides is 1. The summed E-state index contributed by atoms with van der Waals surface area (Å²) in [7, 11) is 3.71. The Kier molecular flexibility index (Phi) is 8.72. The number of oxime groups is 1. The Bertz CT molecular complexity index is 915. The molecule has 4 aliphatic rings. The molecule has 0 bridgehead atoms. The van der Waals surface area contributed by atoms with Crippen LogP contribution in [0.2, 0.25) is 0 Å². The molecule has 3 fully saturated rings. The van der Waals surface area contributed by atoms with Gasteiger partial charge in [-0.3, -0.25) is 9.63 Å². The SMILES string of the molecule is CNCC(C)(C)CN(C)C(=O)O/N=C(\C)[C@H]1CC[C@H]2[C@@H]3CCC4=CC(=O)CC[C@]4(C)[C@H]3CC[C@]12C.Cl. The first-order valence-corrected chi connectivity index (χ1v) is 13.8. The summed E-state index contributed by atoms with van der Waals surface area (Å²) in [5.74, 6) is 2.80. The molecule has 0 unspecified atom stereocenters. The van der Waals surface area contributed by atoms with Crippen LogP contribution >= 0.6 is 12.4 Å². The highest BCUT2D eigenvalue weighted by molar-refractivity contribution is 5.91. The van der Waals surface area contributed by atoms with Crippen LogP contribution in [0.4, 0.5) is 4.79 Å². The van der Waals surface area contributed by atoms with Crippen LogP contribution in [0.1, 0.15) is 86.0 Å². The highest BCUT2D eigenvalue weighted by Crippen LogP contribution is 2.66. The van der Waals surface area contributed by atoms with E-state index in [1.807, 2.05) is 13.1 Å². The lowest BCUT2D eigenvalue weighted by Crippen LogP contribution is -2.51. The van der Waals surface area contributed by atoms with Gasteiger partial charge in [0.15, 0.2) is 5.78 Å². The Balaban J connectivity index is 0.00000361. The second kappa shape index (κ2) is 10.8. The van der Waals surface area contributed by atoms with Gasteiger partial charge in [-0.25, -0.2) is 4.79 Å². The van der Waals surface area contributed by atoms with Crippen molar-refractivity contribution >= 4 is 30.0 Å². The van der Waals surface area contributed by atoms with Crippen molar-refractivity contribution in [2.75, 3.05) is 27.2 Å². The van der Waals surface area contributed by atoms with Gasteiger partial charge in [0.1, 0.15) is 0 Å². The average Bonchev–Trinajstić information content (AvgIpc) is 3.14. The fraction of sp³-hybridized carbons (Fsp3) is 0.828. The molecule has 4 aliphatic carbocycles. The molecule has 0 aromatic carbocycles. The van der Waals surface area contributed by atoms with E-state index in [4.69, 9.17) is 4.84 Å². The lowest BCUT2D eigenvalue weighted by atomic mass is 9.46. The van der Waals surface area contributed by atoms with Crippen LogP contribution in [0, 0.1) is 39.9 Å². The van der Waals surface area contributed by atoms with Crippen LogP contribution in [0.5, 0.6) is 0 Å². The number of nitrogens with zero attached hydrogens (tertiary/aromatic N) is 2. The minimum atomic E-state index is -0.386. The predicted molar refractivity (Wildman–Crippen MR) is 147 cm³/mol.